The molecule has 120 valence electrons. The second-order valence-electron chi connectivity index (χ2n) is 6.24. The molecule has 1 atom stereocenters. The van der Waals surface area contributed by atoms with E-state index in [4.69, 9.17) is 16.3 Å². The van der Waals surface area contributed by atoms with Crippen LogP contribution in [0.25, 0.3) is 0 Å². The van der Waals surface area contributed by atoms with Gasteiger partial charge in [-0.25, -0.2) is 0 Å². The summed E-state index contributed by atoms with van der Waals surface area (Å²) in [7, 11) is 1.92. The van der Waals surface area contributed by atoms with Crippen molar-refractivity contribution >= 4 is 17.5 Å². The summed E-state index contributed by atoms with van der Waals surface area (Å²) in [5, 5.41) is 4.01. The quantitative estimate of drug-likeness (QED) is 0.927. The van der Waals surface area contributed by atoms with Crippen molar-refractivity contribution in [2.24, 2.45) is 0 Å². The lowest BCUT2D eigenvalue weighted by Crippen LogP contribution is -2.52. The summed E-state index contributed by atoms with van der Waals surface area (Å²) in [4.78, 5) is 15.3. The number of hydrogen-bond acceptors (Lipinski definition) is 3. The Balaban J connectivity index is 1.95. The summed E-state index contributed by atoms with van der Waals surface area (Å²) in [5.74, 6) is 0.178. The summed E-state index contributed by atoms with van der Waals surface area (Å²) >= 11 is 6.43. The number of carbonyl (C=O) groups excluding carboxylic acids is 1. The molecule has 0 bridgehead atoms. The summed E-state index contributed by atoms with van der Waals surface area (Å²) < 4.78 is 5.52. The van der Waals surface area contributed by atoms with Gasteiger partial charge in [0.1, 0.15) is 0 Å². The lowest BCUT2D eigenvalue weighted by atomic mass is 9.72. The minimum atomic E-state index is -0.548. The second kappa shape index (κ2) is 6.57. The van der Waals surface area contributed by atoms with Gasteiger partial charge in [-0.05, 0) is 37.4 Å². The zero-order valence-corrected chi connectivity index (χ0v) is 13.7. The van der Waals surface area contributed by atoms with Crippen LogP contribution in [0.1, 0.15) is 24.8 Å². The lowest BCUT2D eigenvalue weighted by Gasteiger charge is -2.41. The second-order valence-corrected chi connectivity index (χ2v) is 6.64. The number of carbonyl (C=O) groups is 1. The minimum absolute atomic E-state index is 0.178. The first kappa shape index (κ1) is 15.8. The Morgan fingerprint density at radius 2 is 2.09 bits per heavy atom. The van der Waals surface area contributed by atoms with Gasteiger partial charge in [-0.15, -0.1) is 0 Å². The third-order valence-corrected chi connectivity index (χ3v) is 5.38. The van der Waals surface area contributed by atoms with Gasteiger partial charge in [-0.1, -0.05) is 29.8 Å². The molecule has 22 heavy (non-hydrogen) atoms. The summed E-state index contributed by atoms with van der Waals surface area (Å²) in [6.07, 6.45) is 2.40. The van der Waals surface area contributed by atoms with Crippen molar-refractivity contribution in [3.05, 3.63) is 34.9 Å². The van der Waals surface area contributed by atoms with Crippen molar-refractivity contribution in [1.82, 2.24) is 10.2 Å². The maximum absolute atomic E-state index is 13.3. The highest BCUT2D eigenvalue weighted by molar-refractivity contribution is 6.31. The molecular weight excluding hydrogens is 300 g/mol. The molecule has 3 rings (SSSR count). The van der Waals surface area contributed by atoms with Crippen LogP contribution in [0.15, 0.2) is 24.3 Å². The first-order valence-corrected chi connectivity index (χ1v) is 8.34. The summed E-state index contributed by atoms with van der Waals surface area (Å²) in [5.41, 5.74) is 0.399. The largest absolute Gasteiger partial charge is 0.381 e. The third kappa shape index (κ3) is 2.75. The van der Waals surface area contributed by atoms with E-state index in [1.54, 1.807) is 0 Å². The van der Waals surface area contributed by atoms with Crippen molar-refractivity contribution in [3.8, 4) is 0 Å². The topological polar surface area (TPSA) is 41.6 Å². The predicted octanol–water partition coefficient (Wildman–Crippen LogP) is 2.21. The molecule has 2 aliphatic rings. The van der Waals surface area contributed by atoms with E-state index in [2.05, 4.69) is 5.32 Å². The number of nitrogens with one attached hydrogen (secondary N) is 1. The Morgan fingerprint density at radius 1 is 1.36 bits per heavy atom. The molecule has 5 heteroatoms. The van der Waals surface area contributed by atoms with Crippen molar-refractivity contribution in [2.75, 3.05) is 33.4 Å². The maximum Gasteiger partial charge on any atom is 0.233 e. The van der Waals surface area contributed by atoms with Crippen LogP contribution >= 0.6 is 11.6 Å². The Labute approximate surface area is 136 Å². The van der Waals surface area contributed by atoms with Gasteiger partial charge >= 0.3 is 0 Å². The third-order valence-electron chi connectivity index (χ3n) is 5.05. The van der Waals surface area contributed by atoms with Crippen molar-refractivity contribution in [2.45, 2.75) is 30.7 Å². The molecule has 1 aromatic rings. The minimum Gasteiger partial charge on any atom is -0.381 e. The van der Waals surface area contributed by atoms with Crippen molar-refractivity contribution < 1.29 is 9.53 Å². The van der Waals surface area contributed by atoms with E-state index in [9.17, 15) is 4.79 Å². The van der Waals surface area contributed by atoms with E-state index < -0.39 is 5.41 Å². The number of ether oxygens (including phenoxy) is 1. The van der Waals surface area contributed by atoms with Crippen molar-refractivity contribution in [3.63, 3.8) is 0 Å². The number of amides is 1. The number of halogens is 1. The molecule has 0 aliphatic carbocycles. The van der Waals surface area contributed by atoms with E-state index in [1.165, 1.54) is 0 Å². The standard InChI is InChI=1S/C17H23ClN2O2/c1-20(13-6-9-19-12-13)16(21)17(7-10-22-11-8-17)14-4-2-3-5-15(14)18/h2-5,13,19H,6-12H2,1H3/t13-/m1/s1. The van der Waals surface area contributed by atoms with E-state index in [-0.39, 0.29) is 11.9 Å². The van der Waals surface area contributed by atoms with Gasteiger partial charge in [-0.3, -0.25) is 4.79 Å². The number of hydrogen-bond donors (Lipinski definition) is 1. The Morgan fingerprint density at radius 3 is 2.73 bits per heavy atom. The molecule has 1 N–H and O–H groups in total. The fourth-order valence-corrected chi connectivity index (χ4v) is 3.96. The molecule has 2 aliphatic heterocycles. The molecule has 0 aromatic heterocycles. The average molecular weight is 323 g/mol. The number of likely N-dealkylation sites (N-methyl/N-ethyl adjacent to an activating group) is 1. The number of benzene rings is 1. The monoisotopic (exact) mass is 322 g/mol. The maximum atomic E-state index is 13.3. The van der Waals surface area contributed by atoms with E-state index >= 15 is 0 Å². The fraction of sp³-hybridized carbons (Fsp3) is 0.588. The highest BCUT2D eigenvalue weighted by Gasteiger charge is 2.45. The van der Waals surface area contributed by atoms with Crippen LogP contribution in [-0.4, -0.2) is 50.2 Å². The Bertz CT molecular complexity index is 537. The van der Waals surface area contributed by atoms with Gasteiger partial charge in [0.15, 0.2) is 0 Å². The molecule has 1 aromatic carbocycles. The van der Waals surface area contributed by atoms with Crippen LogP contribution in [0.5, 0.6) is 0 Å². The fourth-order valence-electron chi connectivity index (χ4n) is 3.64. The summed E-state index contributed by atoms with van der Waals surface area (Å²) in [6.45, 7) is 3.06. The Hall–Kier alpha value is -1.10. The van der Waals surface area contributed by atoms with Crippen LogP contribution in [0, 0.1) is 0 Å². The molecule has 4 nitrogen and oxygen atoms in total. The molecular formula is C17H23ClN2O2. The highest BCUT2D eigenvalue weighted by atomic mass is 35.5. The number of rotatable bonds is 3. The van der Waals surface area contributed by atoms with Gasteiger partial charge < -0.3 is 15.0 Å². The smallest absolute Gasteiger partial charge is 0.233 e. The number of nitrogens with zero attached hydrogens (tertiary/aromatic N) is 1. The molecule has 1 amide bonds. The first-order chi connectivity index (χ1) is 10.6. The molecule has 2 heterocycles. The molecule has 0 unspecified atom stereocenters. The zero-order valence-electron chi connectivity index (χ0n) is 13.0. The van der Waals surface area contributed by atoms with Crippen molar-refractivity contribution in [1.29, 1.82) is 0 Å². The SMILES string of the molecule is CN(C(=O)C1(c2ccccc2Cl)CCOCC1)[C@@H]1CCNC1. The van der Waals surface area contributed by atoms with Crippen LogP contribution in [0.4, 0.5) is 0 Å². The highest BCUT2D eigenvalue weighted by Crippen LogP contribution is 2.40. The van der Waals surface area contributed by atoms with Crippen LogP contribution in [0.3, 0.4) is 0 Å². The van der Waals surface area contributed by atoms with E-state index in [0.29, 0.717) is 31.1 Å². The normalized spacial score (nSPS) is 24.2. The average Bonchev–Trinajstić information content (AvgIpc) is 3.09. The van der Waals surface area contributed by atoms with E-state index in [0.717, 1.165) is 25.1 Å². The lowest BCUT2D eigenvalue weighted by molar-refractivity contribution is -0.141. The summed E-state index contributed by atoms with van der Waals surface area (Å²) in [6, 6.07) is 8.01. The van der Waals surface area contributed by atoms with Crippen LogP contribution in [-0.2, 0) is 14.9 Å². The van der Waals surface area contributed by atoms with E-state index in [1.807, 2.05) is 36.2 Å². The predicted molar refractivity (Wildman–Crippen MR) is 87.2 cm³/mol. The zero-order chi connectivity index (χ0) is 15.6. The molecule has 0 saturated carbocycles. The first-order valence-electron chi connectivity index (χ1n) is 7.96. The van der Waals surface area contributed by atoms with Crippen LogP contribution in [0.2, 0.25) is 5.02 Å². The van der Waals surface area contributed by atoms with Gasteiger partial charge in [0.05, 0.1) is 5.41 Å². The van der Waals surface area contributed by atoms with Gasteiger partial charge in [0, 0.05) is 37.9 Å². The van der Waals surface area contributed by atoms with Gasteiger partial charge in [-0.2, -0.15) is 0 Å². The molecule has 0 spiro atoms. The molecule has 2 fully saturated rings. The van der Waals surface area contributed by atoms with Gasteiger partial charge in [0.25, 0.3) is 0 Å². The molecule has 0 radical (unpaired) electrons. The molecule has 2 saturated heterocycles. The van der Waals surface area contributed by atoms with Gasteiger partial charge in [0.2, 0.25) is 5.91 Å². The Kier molecular flexibility index (Phi) is 4.71. The van der Waals surface area contributed by atoms with Crippen LogP contribution < -0.4 is 5.32 Å².